The lowest BCUT2D eigenvalue weighted by molar-refractivity contribution is -0.130. The Kier molecular flexibility index (Phi) is 11.4. The van der Waals surface area contributed by atoms with E-state index in [0.717, 1.165) is 77.6 Å². The minimum atomic E-state index is -4.13. The quantitative estimate of drug-likeness (QED) is 0.0717. The molecule has 0 N–H and O–H groups in total. The zero-order chi connectivity index (χ0) is 39.2. The van der Waals surface area contributed by atoms with Crippen molar-refractivity contribution in [2.75, 3.05) is 0 Å². The van der Waals surface area contributed by atoms with E-state index in [1.54, 1.807) is 34.8 Å². The number of fused-ring (bicyclic) bond motifs is 1. The zero-order valence-electron chi connectivity index (χ0n) is 30.8. The molecule has 0 fully saturated rings. The highest BCUT2D eigenvalue weighted by molar-refractivity contribution is 7.27. The third-order valence-electron chi connectivity index (χ3n) is 10.2. The molecule has 56 heavy (non-hydrogen) atoms. The molecule has 0 aromatic carbocycles. The van der Waals surface area contributed by atoms with Crippen LogP contribution in [0.25, 0.3) is 50.2 Å². The van der Waals surface area contributed by atoms with Crippen LogP contribution in [-0.2, 0) is 22.4 Å². The van der Waals surface area contributed by atoms with Gasteiger partial charge in [0.15, 0.2) is 0 Å². The van der Waals surface area contributed by atoms with Gasteiger partial charge in [-0.3, -0.25) is 9.59 Å². The molecular formula is C44H38F4O2S6. The Labute approximate surface area is 347 Å². The van der Waals surface area contributed by atoms with Gasteiger partial charge in [-0.15, -0.1) is 68.0 Å². The van der Waals surface area contributed by atoms with Gasteiger partial charge in [-0.05, 0) is 98.5 Å². The molecule has 0 bridgehead atoms. The average molecular weight is 867 g/mol. The van der Waals surface area contributed by atoms with Gasteiger partial charge in [0.1, 0.15) is 0 Å². The van der Waals surface area contributed by atoms with Crippen molar-refractivity contribution in [2.45, 2.75) is 89.9 Å². The Morgan fingerprint density at radius 3 is 1.02 bits per heavy atom. The second-order valence-electron chi connectivity index (χ2n) is 14.1. The zero-order valence-corrected chi connectivity index (χ0v) is 35.7. The molecular weight excluding hydrogens is 829 g/mol. The van der Waals surface area contributed by atoms with Crippen LogP contribution in [0.5, 0.6) is 0 Å². The summed E-state index contributed by atoms with van der Waals surface area (Å²) < 4.78 is 64.0. The van der Waals surface area contributed by atoms with Crippen LogP contribution in [0.2, 0.25) is 0 Å². The molecule has 0 spiro atoms. The summed E-state index contributed by atoms with van der Waals surface area (Å²) in [4.78, 5) is 36.8. The van der Waals surface area contributed by atoms with Gasteiger partial charge >= 0.3 is 11.8 Å². The van der Waals surface area contributed by atoms with Crippen molar-refractivity contribution >= 4 is 90.7 Å². The first-order chi connectivity index (χ1) is 27.0. The van der Waals surface area contributed by atoms with Gasteiger partial charge in [0.2, 0.25) is 11.6 Å². The SMILES string of the molecule is CCCCCCc1ccc(-c2ccc(-c3ccc(C4=C5C(=O)C(F)(F)C(c6ccc(-c7ccc(-c8ccc(CCCCCC)s8)s7)s6)=C5C(=O)C4(F)F)s3)s2)s1. The van der Waals surface area contributed by atoms with Gasteiger partial charge in [-0.1, -0.05) is 52.4 Å². The van der Waals surface area contributed by atoms with Crippen LogP contribution in [0, 0.1) is 0 Å². The summed E-state index contributed by atoms with van der Waals surface area (Å²) in [6, 6.07) is 22.5. The largest absolute Gasteiger partial charge is 0.337 e. The second-order valence-corrected chi connectivity index (χ2v) is 20.8. The van der Waals surface area contributed by atoms with E-state index in [2.05, 4.69) is 38.1 Å². The Balaban J connectivity index is 1.06. The fourth-order valence-electron chi connectivity index (χ4n) is 7.27. The molecule has 2 aliphatic carbocycles. The number of hydrogen-bond donors (Lipinski definition) is 0. The van der Waals surface area contributed by atoms with Crippen molar-refractivity contribution in [3.8, 4) is 39.0 Å². The first kappa shape index (κ1) is 39.6. The van der Waals surface area contributed by atoms with Gasteiger partial charge in [-0.2, -0.15) is 17.6 Å². The topological polar surface area (TPSA) is 34.1 Å². The van der Waals surface area contributed by atoms with Gasteiger partial charge in [0, 0.05) is 69.7 Å². The molecule has 0 saturated heterocycles. The molecule has 0 aliphatic heterocycles. The van der Waals surface area contributed by atoms with E-state index in [1.807, 2.05) is 24.3 Å². The van der Waals surface area contributed by atoms with Gasteiger partial charge in [0.05, 0.1) is 11.1 Å². The first-order valence-corrected chi connectivity index (χ1v) is 23.8. The van der Waals surface area contributed by atoms with E-state index in [-0.39, 0.29) is 9.75 Å². The van der Waals surface area contributed by atoms with E-state index in [0.29, 0.717) is 9.75 Å². The lowest BCUT2D eigenvalue weighted by Crippen LogP contribution is -2.30. The number of unbranched alkanes of at least 4 members (excludes halogenated alkanes) is 6. The maximum atomic E-state index is 16.0. The molecule has 0 amide bonds. The molecule has 0 saturated carbocycles. The highest BCUT2D eigenvalue weighted by atomic mass is 32.1. The Morgan fingerprint density at radius 2 is 0.679 bits per heavy atom. The number of rotatable bonds is 16. The van der Waals surface area contributed by atoms with Gasteiger partial charge in [0.25, 0.3) is 0 Å². The van der Waals surface area contributed by atoms with Crippen LogP contribution in [0.3, 0.4) is 0 Å². The van der Waals surface area contributed by atoms with Crippen LogP contribution in [-0.4, -0.2) is 23.4 Å². The summed E-state index contributed by atoms with van der Waals surface area (Å²) in [5.74, 6) is -11.8. The molecule has 290 valence electrons. The summed E-state index contributed by atoms with van der Waals surface area (Å²) in [5, 5.41) is 0. The summed E-state index contributed by atoms with van der Waals surface area (Å²) >= 11 is 8.50. The molecule has 0 radical (unpaired) electrons. The second kappa shape index (κ2) is 16.2. The minimum absolute atomic E-state index is 0.0649. The summed E-state index contributed by atoms with van der Waals surface area (Å²) in [6.45, 7) is 4.39. The third kappa shape index (κ3) is 7.34. The number of allylic oxidation sites excluding steroid dienone is 4. The summed E-state index contributed by atoms with van der Waals surface area (Å²) in [5.41, 5.74) is -3.56. The number of thiophene rings is 6. The number of aryl methyl sites for hydroxylation is 2. The molecule has 0 unspecified atom stereocenters. The minimum Gasteiger partial charge on any atom is -0.287 e. The van der Waals surface area contributed by atoms with Crippen molar-refractivity contribution in [2.24, 2.45) is 0 Å². The van der Waals surface area contributed by atoms with Crippen molar-refractivity contribution in [1.82, 2.24) is 0 Å². The van der Waals surface area contributed by atoms with E-state index < -0.39 is 45.7 Å². The van der Waals surface area contributed by atoms with Crippen molar-refractivity contribution < 1.29 is 27.2 Å². The number of ketones is 2. The van der Waals surface area contributed by atoms with Crippen molar-refractivity contribution in [1.29, 1.82) is 0 Å². The van der Waals surface area contributed by atoms with Crippen LogP contribution in [0.1, 0.15) is 84.7 Å². The molecule has 2 aliphatic rings. The van der Waals surface area contributed by atoms with E-state index in [9.17, 15) is 9.59 Å². The van der Waals surface area contributed by atoms with E-state index >= 15 is 17.6 Å². The normalized spacial score (nSPS) is 16.2. The predicted octanol–water partition coefficient (Wildman–Crippen LogP) is 15.6. The van der Waals surface area contributed by atoms with Crippen LogP contribution < -0.4 is 0 Å². The standard InChI is InChI=1S/C44H38F4O2S6/c1-3-5-7-9-11-25-13-15-27(51-25)29-17-19-31(53-29)33-21-23-35(55-33)39-37-38(42(50)43(39,45)46)40(44(47,48)41(37)49)36-24-22-34(56-36)32-20-18-30(54-32)28-16-14-26(52-28)12-10-8-6-4-2/h13-24H,3-12H2,1-2H3. The summed E-state index contributed by atoms with van der Waals surface area (Å²) in [6.07, 6.45) is 11.6. The molecule has 8 rings (SSSR count). The molecule has 12 heteroatoms. The van der Waals surface area contributed by atoms with Crippen LogP contribution in [0.4, 0.5) is 17.6 Å². The molecule has 2 nitrogen and oxygen atoms in total. The maximum Gasteiger partial charge on any atom is 0.337 e. The highest BCUT2D eigenvalue weighted by Crippen LogP contribution is 2.59. The monoisotopic (exact) mass is 866 g/mol. The van der Waals surface area contributed by atoms with Crippen LogP contribution >= 0.6 is 68.0 Å². The van der Waals surface area contributed by atoms with E-state index in [4.69, 9.17) is 0 Å². The molecule has 6 aromatic heterocycles. The first-order valence-electron chi connectivity index (χ1n) is 18.9. The molecule has 0 atom stereocenters. The summed E-state index contributed by atoms with van der Waals surface area (Å²) in [7, 11) is 0. The van der Waals surface area contributed by atoms with Crippen LogP contribution in [0.15, 0.2) is 83.9 Å². The highest BCUT2D eigenvalue weighted by Gasteiger charge is 2.66. The van der Waals surface area contributed by atoms with Crippen molar-refractivity contribution in [3.63, 3.8) is 0 Å². The van der Waals surface area contributed by atoms with Gasteiger partial charge < -0.3 is 0 Å². The van der Waals surface area contributed by atoms with Gasteiger partial charge in [-0.25, -0.2) is 0 Å². The Hall–Kier alpha value is -3.26. The number of Topliss-reactive ketones (excluding diaryl/α,β-unsaturated/α-hetero) is 2. The number of halogens is 4. The number of hydrogen-bond acceptors (Lipinski definition) is 8. The Morgan fingerprint density at radius 1 is 0.393 bits per heavy atom. The number of carbonyl (C=O) groups excluding carboxylic acids is 2. The molecule has 6 heterocycles. The maximum absolute atomic E-state index is 16.0. The van der Waals surface area contributed by atoms with E-state index in [1.165, 1.54) is 83.1 Å². The lowest BCUT2D eigenvalue weighted by Gasteiger charge is -2.16. The predicted molar refractivity (Wildman–Crippen MR) is 231 cm³/mol. The number of carbonyl (C=O) groups is 2. The lowest BCUT2D eigenvalue weighted by atomic mass is 10.0. The fourth-order valence-corrected chi connectivity index (χ4v) is 13.9. The average Bonchev–Trinajstić information content (AvgIpc) is 4.02. The fraction of sp³-hybridized carbons (Fsp3) is 0.318. The smallest absolute Gasteiger partial charge is 0.287 e. The van der Waals surface area contributed by atoms with Crippen molar-refractivity contribution in [3.05, 3.63) is 103 Å². The number of alkyl halides is 4. The third-order valence-corrected chi connectivity index (χ3v) is 17.6. The Bertz CT molecular complexity index is 2310. The molecule has 6 aromatic rings.